The number of aliphatic imine (C=N–C) groups is 1. The Labute approximate surface area is 155 Å². The number of nitrogens with one attached hydrogen (secondary N) is 2. The first kappa shape index (κ1) is 22.3. The van der Waals surface area contributed by atoms with Gasteiger partial charge in [-0.3, -0.25) is 4.99 Å². The number of hydrogen-bond acceptors (Lipinski definition) is 3. The summed E-state index contributed by atoms with van der Waals surface area (Å²) in [7, 11) is -3.00. The van der Waals surface area contributed by atoms with Crippen molar-refractivity contribution in [1.82, 2.24) is 10.6 Å². The highest BCUT2D eigenvalue weighted by Crippen LogP contribution is 2.21. The zero-order chi connectivity index (χ0) is 19.8. The van der Waals surface area contributed by atoms with E-state index in [2.05, 4.69) is 15.6 Å². The van der Waals surface area contributed by atoms with Gasteiger partial charge in [0.15, 0.2) is 5.96 Å². The predicted molar refractivity (Wildman–Crippen MR) is 102 cm³/mol. The average molecular weight is 390 g/mol. The van der Waals surface area contributed by atoms with Gasteiger partial charge in [-0.1, -0.05) is 13.8 Å². The van der Waals surface area contributed by atoms with E-state index in [1.165, 1.54) is 12.3 Å². The van der Waals surface area contributed by atoms with Crippen LogP contribution in [0, 0.1) is 17.0 Å². The highest BCUT2D eigenvalue weighted by molar-refractivity contribution is 7.90. The number of sulfone groups is 1. The molecule has 0 aliphatic rings. The minimum Gasteiger partial charge on any atom is -0.357 e. The molecular formula is C18H29F2N3O2S. The van der Waals surface area contributed by atoms with Crippen molar-refractivity contribution in [3.8, 4) is 0 Å². The number of rotatable bonds is 9. The van der Waals surface area contributed by atoms with Gasteiger partial charge in [-0.05, 0) is 48.9 Å². The highest BCUT2D eigenvalue weighted by atomic mass is 32.2. The van der Waals surface area contributed by atoms with Gasteiger partial charge in [0.05, 0.1) is 5.75 Å². The van der Waals surface area contributed by atoms with Crippen molar-refractivity contribution in [2.75, 3.05) is 31.6 Å². The lowest BCUT2D eigenvalue weighted by Gasteiger charge is -2.22. The fourth-order valence-corrected chi connectivity index (χ4v) is 3.15. The molecule has 0 spiro atoms. The summed E-state index contributed by atoms with van der Waals surface area (Å²) in [5.74, 6) is -0.207. The van der Waals surface area contributed by atoms with Crippen molar-refractivity contribution in [2.24, 2.45) is 10.4 Å². The third-order valence-electron chi connectivity index (χ3n) is 3.85. The summed E-state index contributed by atoms with van der Waals surface area (Å²) in [6, 6.07) is 3.40. The topological polar surface area (TPSA) is 70.6 Å². The summed E-state index contributed by atoms with van der Waals surface area (Å²) in [6.45, 7) is 7.37. The smallest absolute Gasteiger partial charge is 0.191 e. The lowest BCUT2D eigenvalue weighted by Crippen LogP contribution is -2.39. The van der Waals surface area contributed by atoms with E-state index in [9.17, 15) is 17.2 Å². The van der Waals surface area contributed by atoms with E-state index in [1.54, 1.807) is 0 Å². The van der Waals surface area contributed by atoms with E-state index < -0.39 is 21.5 Å². The molecule has 0 radical (unpaired) electrons. The predicted octanol–water partition coefficient (Wildman–Crippen LogP) is 2.52. The van der Waals surface area contributed by atoms with Crippen LogP contribution in [0.5, 0.6) is 0 Å². The summed E-state index contributed by atoms with van der Waals surface area (Å²) in [5, 5.41) is 6.18. The van der Waals surface area contributed by atoms with E-state index in [0.717, 1.165) is 12.1 Å². The molecular weight excluding hydrogens is 360 g/mol. The Hall–Kier alpha value is -1.70. The zero-order valence-electron chi connectivity index (χ0n) is 15.9. The van der Waals surface area contributed by atoms with E-state index >= 15 is 0 Å². The van der Waals surface area contributed by atoms with Crippen LogP contribution in [0.1, 0.15) is 32.8 Å². The Morgan fingerprint density at radius 2 is 1.92 bits per heavy atom. The molecule has 1 rings (SSSR count). The second-order valence-electron chi connectivity index (χ2n) is 7.15. The third kappa shape index (κ3) is 9.12. The van der Waals surface area contributed by atoms with Gasteiger partial charge in [0, 0.05) is 25.9 Å². The fraction of sp³-hybridized carbons (Fsp3) is 0.611. The molecule has 0 saturated carbocycles. The SMILES string of the molecule is CCNC(=NCC(C)(C)CCS(C)(=O)=O)NCCc1cc(F)ccc1F. The molecule has 0 unspecified atom stereocenters. The Morgan fingerprint density at radius 1 is 1.23 bits per heavy atom. The maximum Gasteiger partial charge on any atom is 0.191 e. The van der Waals surface area contributed by atoms with Crippen LogP contribution < -0.4 is 10.6 Å². The van der Waals surface area contributed by atoms with Gasteiger partial charge >= 0.3 is 0 Å². The highest BCUT2D eigenvalue weighted by Gasteiger charge is 2.20. The van der Waals surface area contributed by atoms with Crippen molar-refractivity contribution >= 4 is 15.8 Å². The first-order chi connectivity index (χ1) is 12.0. The molecule has 26 heavy (non-hydrogen) atoms. The third-order valence-corrected chi connectivity index (χ3v) is 4.80. The monoisotopic (exact) mass is 389 g/mol. The Morgan fingerprint density at radius 3 is 2.54 bits per heavy atom. The maximum absolute atomic E-state index is 13.6. The molecule has 0 fully saturated rings. The Kier molecular flexibility index (Phi) is 8.46. The van der Waals surface area contributed by atoms with E-state index in [-0.39, 0.29) is 11.2 Å². The fourth-order valence-electron chi connectivity index (χ4n) is 2.23. The molecule has 0 bridgehead atoms. The summed E-state index contributed by atoms with van der Waals surface area (Å²) >= 11 is 0. The van der Waals surface area contributed by atoms with Crippen molar-refractivity contribution in [2.45, 2.75) is 33.6 Å². The molecule has 0 amide bonds. The quantitative estimate of drug-likeness (QED) is 0.503. The molecule has 2 N–H and O–H groups in total. The number of halogens is 2. The van der Waals surface area contributed by atoms with Gasteiger partial charge in [-0.2, -0.15) is 0 Å². The van der Waals surface area contributed by atoms with Crippen LogP contribution in [0.3, 0.4) is 0 Å². The molecule has 0 heterocycles. The van der Waals surface area contributed by atoms with Crippen LogP contribution >= 0.6 is 0 Å². The number of guanidine groups is 1. The number of benzene rings is 1. The first-order valence-corrected chi connectivity index (χ1v) is 10.7. The summed E-state index contributed by atoms with van der Waals surface area (Å²) in [4.78, 5) is 4.49. The standard InChI is InChI=1S/C18H29F2N3O2S/c1-5-21-17(23-13-18(2,3)9-11-26(4,24)25)22-10-8-14-12-15(19)6-7-16(14)20/h6-7,12H,5,8-11,13H2,1-4H3,(H2,21,22,23). The normalized spacial score (nSPS) is 12.9. The van der Waals surface area contributed by atoms with Crippen LogP contribution in [-0.4, -0.2) is 46.0 Å². The molecule has 1 aromatic rings. The van der Waals surface area contributed by atoms with Gasteiger partial charge in [0.1, 0.15) is 21.5 Å². The van der Waals surface area contributed by atoms with Gasteiger partial charge in [-0.15, -0.1) is 0 Å². The second kappa shape index (κ2) is 9.85. The second-order valence-corrected chi connectivity index (χ2v) is 9.41. The Balaban J connectivity index is 2.61. The summed E-state index contributed by atoms with van der Waals surface area (Å²) < 4.78 is 49.5. The number of nitrogens with zero attached hydrogens (tertiary/aromatic N) is 1. The molecule has 5 nitrogen and oxygen atoms in total. The van der Waals surface area contributed by atoms with Crippen LogP contribution in [0.2, 0.25) is 0 Å². The molecule has 1 aromatic carbocycles. The Bertz CT molecular complexity index is 719. The van der Waals surface area contributed by atoms with Crippen LogP contribution in [0.15, 0.2) is 23.2 Å². The molecule has 0 aromatic heterocycles. The molecule has 0 aliphatic carbocycles. The molecule has 0 atom stereocenters. The lowest BCUT2D eigenvalue weighted by molar-refractivity contribution is 0.365. The van der Waals surface area contributed by atoms with Crippen molar-refractivity contribution in [3.05, 3.63) is 35.4 Å². The van der Waals surface area contributed by atoms with Gasteiger partial charge < -0.3 is 10.6 Å². The van der Waals surface area contributed by atoms with Gasteiger partial charge in [-0.25, -0.2) is 17.2 Å². The van der Waals surface area contributed by atoms with Crippen LogP contribution in [0.4, 0.5) is 8.78 Å². The molecule has 8 heteroatoms. The summed E-state index contributed by atoms with van der Waals surface area (Å²) in [5.41, 5.74) is 0.0435. The first-order valence-electron chi connectivity index (χ1n) is 8.66. The van der Waals surface area contributed by atoms with Crippen LogP contribution in [0.25, 0.3) is 0 Å². The van der Waals surface area contributed by atoms with Gasteiger partial charge in [0.2, 0.25) is 0 Å². The van der Waals surface area contributed by atoms with Crippen LogP contribution in [-0.2, 0) is 16.3 Å². The molecule has 0 aliphatic heterocycles. The maximum atomic E-state index is 13.6. The minimum atomic E-state index is -3.00. The van der Waals surface area contributed by atoms with E-state index in [0.29, 0.717) is 44.0 Å². The van der Waals surface area contributed by atoms with Crippen molar-refractivity contribution in [1.29, 1.82) is 0 Å². The number of hydrogen-bond donors (Lipinski definition) is 2. The van der Waals surface area contributed by atoms with Crippen molar-refractivity contribution < 1.29 is 17.2 Å². The van der Waals surface area contributed by atoms with E-state index in [4.69, 9.17) is 0 Å². The largest absolute Gasteiger partial charge is 0.357 e. The zero-order valence-corrected chi connectivity index (χ0v) is 16.7. The van der Waals surface area contributed by atoms with E-state index in [1.807, 2.05) is 20.8 Å². The minimum absolute atomic E-state index is 0.123. The van der Waals surface area contributed by atoms with Gasteiger partial charge in [0.25, 0.3) is 0 Å². The average Bonchev–Trinajstić information content (AvgIpc) is 2.53. The van der Waals surface area contributed by atoms with Crippen molar-refractivity contribution in [3.63, 3.8) is 0 Å². The molecule has 148 valence electrons. The molecule has 0 saturated heterocycles. The lowest BCUT2D eigenvalue weighted by atomic mass is 9.90. The summed E-state index contributed by atoms with van der Waals surface area (Å²) in [6.07, 6.45) is 2.07.